The molecule has 6 heteroatoms. The molecule has 2 saturated heterocycles. The summed E-state index contributed by atoms with van der Waals surface area (Å²) in [6.45, 7) is 2.18. The first-order valence-corrected chi connectivity index (χ1v) is 6.02. The minimum absolute atomic E-state index is 0.0250. The van der Waals surface area contributed by atoms with Gasteiger partial charge in [0.25, 0.3) is 0 Å². The van der Waals surface area contributed by atoms with E-state index in [-0.39, 0.29) is 24.4 Å². The number of nitrogens with one attached hydrogen (secondary N) is 1. The molecular formula is C11H18N2O4. The van der Waals surface area contributed by atoms with E-state index in [0.29, 0.717) is 19.8 Å². The van der Waals surface area contributed by atoms with Crippen molar-refractivity contribution in [3.05, 3.63) is 0 Å². The van der Waals surface area contributed by atoms with Crippen LogP contribution in [-0.2, 0) is 14.3 Å². The number of rotatable bonds is 3. The number of carbonyl (C=O) groups excluding carboxylic acids is 1. The number of nitrogens with zero attached hydrogens (tertiary/aromatic N) is 1. The van der Waals surface area contributed by atoms with Gasteiger partial charge in [0.05, 0.1) is 31.7 Å². The molecule has 2 heterocycles. The van der Waals surface area contributed by atoms with Crippen molar-refractivity contribution in [3.63, 3.8) is 0 Å². The number of morpholine rings is 1. The Labute approximate surface area is 99.9 Å². The van der Waals surface area contributed by atoms with Crippen LogP contribution in [0.2, 0.25) is 0 Å². The second-order valence-electron chi connectivity index (χ2n) is 4.51. The van der Waals surface area contributed by atoms with E-state index in [2.05, 4.69) is 5.32 Å². The lowest BCUT2D eigenvalue weighted by molar-refractivity contribution is -0.147. The van der Waals surface area contributed by atoms with Crippen molar-refractivity contribution in [1.82, 2.24) is 10.2 Å². The van der Waals surface area contributed by atoms with Crippen molar-refractivity contribution in [2.45, 2.75) is 31.3 Å². The molecule has 2 rings (SSSR count). The van der Waals surface area contributed by atoms with Crippen LogP contribution in [-0.4, -0.2) is 60.3 Å². The van der Waals surface area contributed by atoms with E-state index < -0.39 is 5.97 Å². The van der Waals surface area contributed by atoms with E-state index in [1.54, 1.807) is 4.90 Å². The van der Waals surface area contributed by atoms with Crippen molar-refractivity contribution in [2.75, 3.05) is 26.3 Å². The molecule has 0 aromatic heterocycles. The molecule has 2 fully saturated rings. The number of hydrogen-bond donors (Lipinski definition) is 2. The Morgan fingerprint density at radius 1 is 1.47 bits per heavy atom. The summed E-state index contributed by atoms with van der Waals surface area (Å²) in [5, 5.41) is 12.0. The van der Waals surface area contributed by atoms with Crippen LogP contribution in [0.1, 0.15) is 19.3 Å². The number of ether oxygens (including phenoxy) is 1. The molecule has 2 aliphatic heterocycles. The van der Waals surface area contributed by atoms with E-state index in [0.717, 1.165) is 19.4 Å². The van der Waals surface area contributed by atoms with E-state index in [1.807, 2.05) is 0 Å². The Balaban J connectivity index is 1.99. The molecule has 2 aliphatic rings. The van der Waals surface area contributed by atoms with Crippen LogP contribution < -0.4 is 5.32 Å². The molecule has 0 aromatic carbocycles. The van der Waals surface area contributed by atoms with E-state index in [4.69, 9.17) is 9.84 Å². The van der Waals surface area contributed by atoms with Gasteiger partial charge in [-0.3, -0.25) is 9.59 Å². The first kappa shape index (κ1) is 12.3. The summed E-state index contributed by atoms with van der Waals surface area (Å²) in [5.74, 6) is -0.866. The summed E-state index contributed by atoms with van der Waals surface area (Å²) >= 11 is 0. The van der Waals surface area contributed by atoms with Gasteiger partial charge in [0.15, 0.2) is 0 Å². The standard InChI is InChI=1S/C11H18N2O4/c14-10(15)6-8-7-17-5-4-13(8)11(16)9-2-1-3-12-9/h8-9,12H,1-7H2,(H,14,15)/t8?,9-/m1/s1. The molecule has 96 valence electrons. The zero-order valence-electron chi connectivity index (χ0n) is 9.72. The molecule has 0 saturated carbocycles. The average Bonchev–Trinajstić information content (AvgIpc) is 2.81. The zero-order chi connectivity index (χ0) is 12.3. The lowest BCUT2D eigenvalue weighted by Gasteiger charge is -2.36. The van der Waals surface area contributed by atoms with Crippen LogP contribution in [0.5, 0.6) is 0 Å². The fraction of sp³-hybridized carbons (Fsp3) is 0.818. The summed E-state index contributed by atoms with van der Waals surface area (Å²) in [5.41, 5.74) is 0. The fourth-order valence-corrected chi connectivity index (χ4v) is 2.41. The highest BCUT2D eigenvalue weighted by molar-refractivity contribution is 5.83. The molecule has 1 amide bonds. The Kier molecular flexibility index (Phi) is 3.96. The molecule has 6 nitrogen and oxygen atoms in total. The van der Waals surface area contributed by atoms with Crippen LogP contribution in [0.3, 0.4) is 0 Å². The number of carboxylic acid groups (broad SMARTS) is 1. The highest BCUT2D eigenvalue weighted by Gasteiger charge is 2.34. The summed E-state index contributed by atoms with van der Waals surface area (Å²) in [6, 6.07) is -0.458. The minimum atomic E-state index is -0.891. The second-order valence-corrected chi connectivity index (χ2v) is 4.51. The Morgan fingerprint density at radius 2 is 2.29 bits per heavy atom. The lowest BCUT2D eigenvalue weighted by atomic mass is 10.1. The molecular weight excluding hydrogens is 224 g/mol. The van der Waals surface area contributed by atoms with Crippen molar-refractivity contribution >= 4 is 11.9 Å². The van der Waals surface area contributed by atoms with E-state index >= 15 is 0 Å². The van der Waals surface area contributed by atoms with Gasteiger partial charge < -0.3 is 20.1 Å². The Morgan fingerprint density at radius 3 is 2.94 bits per heavy atom. The molecule has 0 bridgehead atoms. The lowest BCUT2D eigenvalue weighted by Crippen LogP contribution is -2.54. The monoisotopic (exact) mass is 242 g/mol. The quantitative estimate of drug-likeness (QED) is 0.693. The summed E-state index contributed by atoms with van der Waals surface area (Å²) < 4.78 is 5.25. The molecule has 17 heavy (non-hydrogen) atoms. The summed E-state index contributed by atoms with van der Waals surface area (Å²) in [7, 11) is 0. The third-order valence-electron chi connectivity index (χ3n) is 3.28. The number of hydrogen-bond acceptors (Lipinski definition) is 4. The van der Waals surface area contributed by atoms with Gasteiger partial charge in [-0.05, 0) is 19.4 Å². The average molecular weight is 242 g/mol. The highest BCUT2D eigenvalue weighted by atomic mass is 16.5. The van der Waals surface area contributed by atoms with Gasteiger partial charge in [-0.2, -0.15) is 0 Å². The third-order valence-corrected chi connectivity index (χ3v) is 3.28. The Bertz CT molecular complexity index is 302. The number of aliphatic carboxylic acids is 1. The maximum Gasteiger partial charge on any atom is 0.305 e. The van der Waals surface area contributed by atoms with Gasteiger partial charge in [0.2, 0.25) is 5.91 Å². The van der Waals surface area contributed by atoms with Crippen LogP contribution >= 0.6 is 0 Å². The predicted octanol–water partition coefficient (Wildman–Crippen LogP) is -0.559. The summed E-state index contributed by atoms with van der Waals surface area (Å²) in [6.07, 6.45) is 1.80. The van der Waals surface area contributed by atoms with Crippen LogP contribution in [0.25, 0.3) is 0 Å². The first-order valence-electron chi connectivity index (χ1n) is 6.02. The van der Waals surface area contributed by atoms with E-state index in [9.17, 15) is 9.59 Å². The van der Waals surface area contributed by atoms with Gasteiger partial charge >= 0.3 is 5.97 Å². The van der Waals surface area contributed by atoms with Crippen molar-refractivity contribution < 1.29 is 19.4 Å². The molecule has 0 radical (unpaired) electrons. The second kappa shape index (κ2) is 5.46. The number of carbonyl (C=O) groups is 2. The third kappa shape index (κ3) is 2.95. The zero-order valence-corrected chi connectivity index (χ0v) is 9.72. The van der Waals surface area contributed by atoms with Crippen LogP contribution in [0, 0.1) is 0 Å². The van der Waals surface area contributed by atoms with Gasteiger partial charge in [0, 0.05) is 6.54 Å². The summed E-state index contributed by atoms with van der Waals surface area (Å²) in [4.78, 5) is 24.6. The van der Waals surface area contributed by atoms with Crippen molar-refractivity contribution in [2.24, 2.45) is 0 Å². The van der Waals surface area contributed by atoms with Gasteiger partial charge in [-0.15, -0.1) is 0 Å². The first-order chi connectivity index (χ1) is 8.18. The van der Waals surface area contributed by atoms with Gasteiger partial charge in [-0.1, -0.05) is 0 Å². The SMILES string of the molecule is O=C(O)CC1COCCN1C(=O)[C@H]1CCCN1. The van der Waals surface area contributed by atoms with Crippen LogP contribution in [0.4, 0.5) is 0 Å². The highest BCUT2D eigenvalue weighted by Crippen LogP contribution is 2.16. The number of carboxylic acids is 1. The molecule has 2 atom stereocenters. The maximum atomic E-state index is 12.2. The minimum Gasteiger partial charge on any atom is -0.481 e. The Hall–Kier alpha value is -1.14. The van der Waals surface area contributed by atoms with Gasteiger partial charge in [0.1, 0.15) is 0 Å². The molecule has 0 spiro atoms. The number of amides is 1. The normalized spacial score (nSPS) is 29.3. The molecule has 0 aromatic rings. The van der Waals surface area contributed by atoms with E-state index in [1.165, 1.54) is 0 Å². The van der Waals surface area contributed by atoms with Crippen LogP contribution in [0.15, 0.2) is 0 Å². The largest absolute Gasteiger partial charge is 0.481 e. The molecule has 0 aliphatic carbocycles. The predicted molar refractivity (Wildman–Crippen MR) is 59.6 cm³/mol. The van der Waals surface area contributed by atoms with Crippen molar-refractivity contribution in [3.8, 4) is 0 Å². The molecule has 2 N–H and O–H groups in total. The van der Waals surface area contributed by atoms with Crippen molar-refractivity contribution in [1.29, 1.82) is 0 Å². The maximum absolute atomic E-state index is 12.2. The fourth-order valence-electron chi connectivity index (χ4n) is 2.41. The van der Waals surface area contributed by atoms with Gasteiger partial charge in [-0.25, -0.2) is 0 Å². The topological polar surface area (TPSA) is 78.9 Å². The smallest absolute Gasteiger partial charge is 0.305 e. The molecule has 1 unspecified atom stereocenters.